The number of nitrogens with one attached hydrogen (secondary N) is 2. The Hall–Kier alpha value is -2.61. The van der Waals surface area contributed by atoms with Crippen LogP contribution in [0.15, 0.2) is 36.5 Å². The molecule has 0 saturated carbocycles. The van der Waals surface area contributed by atoms with Crippen LogP contribution in [0.4, 0.5) is 0 Å². The molecule has 0 bridgehead atoms. The van der Waals surface area contributed by atoms with Gasteiger partial charge in [-0.2, -0.15) is 5.26 Å². The first-order chi connectivity index (χ1) is 8.79. The number of benzene rings is 1. The minimum atomic E-state index is -0.101. The van der Waals surface area contributed by atoms with Gasteiger partial charge in [0.05, 0.1) is 0 Å². The molecule has 1 aromatic heterocycles. The summed E-state index contributed by atoms with van der Waals surface area (Å²) < 4.78 is 0. The molecule has 18 heavy (non-hydrogen) atoms. The van der Waals surface area contributed by atoms with E-state index < -0.39 is 0 Å². The summed E-state index contributed by atoms with van der Waals surface area (Å²) in [5.74, 6) is 0.190. The number of nitrogens with zero attached hydrogens (tertiary/aromatic N) is 2. The van der Waals surface area contributed by atoms with E-state index in [2.05, 4.69) is 15.3 Å². The van der Waals surface area contributed by atoms with Gasteiger partial charge in [-0.1, -0.05) is 18.2 Å². The van der Waals surface area contributed by atoms with Crippen LogP contribution in [-0.2, 0) is 6.42 Å². The average Bonchev–Trinajstić information content (AvgIpc) is 2.87. The third kappa shape index (κ3) is 2.95. The number of hydrogen-bond acceptors (Lipinski definition) is 3. The molecule has 5 nitrogen and oxygen atoms in total. The Morgan fingerprint density at radius 1 is 1.39 bits per heavy atom. The summed E-state index contributed by atoms with van der Waals surface area (Å²) in [4.78, 5) is 18.4. The standard InChI is InChI=1S/C13H12N4O/c14-8-12-16-9-11(17-12)6-7-15-13(18)10-4-2-1-3-5-10/h1-5,9H,6-7H2,(H,15,18)(H,16,17). The van der Waals surface area contributed by atoms with E-state index in [0.29, 0.717) is 24.4 Å². The quantitative estimate of drug-likeness (QED) is 0.843. The summed E-state index contributed by atoms with van der Waals surface area (Å²) in [6, 6.07) is 11.0. The predicted octanol–water partition coefficient (Wildman–Crippen LogP) is 1.25. The summed E-state index contributed by atoms with van der Waals surface area (Å²) in [6.07, 6.45) is 2.22. The normalized spacial score (nSPS) is 9.72. The van der Waals surface area contributed by atoms with Crippen LogP contribution in [0.5, 0.6) is 0 Å². The largest absolute Gasteiger partial charge is 0.352 e. The van der Waals surface area contributed by atoms with Crippen molar-refractivity contribution in [3.05, 3.63) is 53.6 Å². The van der Waals surface area contributed by atoms with Crippen LogP contribution in [0.1, 0.15) is 21.9 Å². The summed E-state index contributed by atoms with van der Waals surface area (Å²) >= 11 is 0. The molecule has 0 aliphatic carbocycles. The van der Waals surface area contributed by atoms with Gasteiger partial charge in [0.15, 0.2) is 0 Å². The zero-order valence-corrected chi connectivity index (χ0v) is 9.68. The first-order valence-corrected chi connectivity index (χ1v) is 5.57. The van der Waals surface area contributed by atoms with Crippen molar-refractivity contribution in [2.45, 2.75) is 6.42 Å². The third-order valence-electron chi connectivity index (χ3n) is 2.45. The van der Waals surface area contributed by atoms with Gasteiger partial charge in [-0.05, 0) is 12.1 Å². The second kappa shape index (κ2) is 5.64. The second-order valence-corrected chi connectivity index (χ2v) is 3.74. The maximum absolute atomic E-state index is 11.7. The highest BCUT2D eigenvalue weighted by molar-refractivity contribution is 5.94. The molecule has 0 fully saturated rings. The molecule has 2 N–H and O–H groups in total. The van der Waals surface area contributed by atoms with E-state index in [0.717, 1.165) is 5.69 Å². The Morgan fingerprint density at radius 3 is 2.83 bits per heavy atom. The zero-order chi connectivity index (χ0) is 12.8. The van der Waals surface area contributed by atoms with Crippen molar-refractivity contribution < 1.29 is 4.79 Å². The minimum Gasteiger partial charge on any atom is -0.352 e. The average molecular weight is 240 g/mol. The van der Waals surface area contributed by atoms with Crippen molar-refractivity contribution in [1.82, 2.24) is 15.3 Å². The molecular weight excluding hydrogens is 228 g/mol. The molecule has 0 saturated heterocycles. The molecule has 0 aliphatic rings. The molecule has 0 unspecified atom stereocenters. The number of imidazole rings is 1. The molecule has 1 aromatic carbocycles. The van der Waals surface area contributed by atoms with Crippen molar-refractivity contribution in [3.8, 4) is 6.07 Å². The van der Waals surface area contributed by atoms with Gasteiger partial charge in [0, 0.05) is 30.4 Å². The first-order valence-electron chi connectivity index (χ1n) is 5.57. The predicted molar refractivity (Wildman–Crippen MR) is 65.8 cm³/mol. The van der Waals surface area contributed by atoms with Crippen LogP contribution < -0.4 is 5.32 Å². The van der Waals surface area contributed by atoms with Gasteiger partial charge in [-0.15, -0.1) is 0 Å². The molecule has 0 radical (unpaired) electrons. The molecule has 2 rings (SSSR count). The number of carbonyl (C=O) groups is 1. The monoisotopic (exact) mass is 240 g/mol. The fourth-order valence-electron chi connectivity index (χ4n) is 1.55. The molecule has 0 spiro atoms. The molecule has 90 valence electrons. The van der Waals surface area contributed by atoms with Crippen LogP contribution in [-0.4, -0.2) is 22.4 Å². The first kappa shape index (κ1) is 11.9. The van der Waals surface area contributed by atoms with E-state index in [9.17, 15) is 4.79 Å². The van der Waals surface area contributed by atoms with E-state index in [1.54, 1.807) is 18.3 Å². The molecular formula is C13H12N4O. The van der Waals surface area contributed by atoms with Gasteiger partial charge < -0.3 is 10.3 Å². The van der Waals surface area contributed by atoms with Crippen molar-refractivity contribution >= 4 is 5.91 Å². The Bertz CT molecular complexity index is 568. The van der Waals surface area contributed by atoms with Crippen molar-refractivity contribution in [2.24, 2.45) is 0 Å². The van der Waals surface area contributed by atoms with E-state index in [1.165, 1.54) is 0 Å². The molecule has 1 heterocycles. The summed E-state index contributed by atoms with van der Waals surface area (Å²) in [6.45, 7) is 0.501. The second-order valence-electron chi connectivity index (χ2n) is 3.74. The van der Waals surface area contributed by atoms with Gasteiger partial charge in [0.2, 0.25) is 5.82 Å². The van der Waals surface area contributed by atoms with Gasteiger partial charge in [0.1, 0.15) is 6.07 Å². The Morgan fingerprint density at radius 2 is 2.17 bits per heavy atom. The fourth-order valence-corrected chi connectivity index (χ4v) is 1.55. The van der Waals surface area contributed by atoms with Crippen molar-refractivity contribution in [1.29, 1.82) is 5.26 Å². The zero-order valence-electron chi connectivity index (χ0n) is 9.68. The molecule has 1 amide bonds. The number of rotatable bonds is 4. The number of amides is 1. The molecule has 0 aliphatic heterocycles. The van der Waals surface area contributed by atoms with Crippen LogP contribution in [0.2, 0.25) is 0 Å². The number of H-pyrrole nitrogens is 1. The highest BCUT2D eigenvalue weighted by Crippen LogP contribution is 1.99. The number of hydrogen-bond donors (Lipinski definition) is 2. The van der Waals surface area contributed by atoms with E-state index in [4.69, 9.17) is 5.26 Å². The van der Waals surface area contributed by atoms with E-state index >= 15 is 0 Å². The smallest absolute Gasteiger partial charge is 0.251 e. The lowest BCUT2D eigenvalue weighted by Crippen LogP contribution is -2.25. The maximum atomic E-state index is 11.7. The Balaban J connectivity index is 1.82. The number of nitriles is 1. The molecule has 0 atom stereocenters. The van der Waals surface area contributed by atoms with Crippen LogP contribution in [0, 0.1) is 11.3 Å². The Kier molecular flexibility index (Phi) is 3.72. The number of carbonyl (C=O) groups excluding carboxylic acids is 1. The lowest BCUT2D eigenvalue weighted by molar-refractivity contribution is 0.0954. The SMILES string of the molecule is N#Cc1ncc(CCNC(=O)c2ccccc2)[nH]1. The van der Waals surface area contributed by atoms with Gasteiger partial charge in [-0.3, -0.25) is 4.79 Å². The summed E-state index contributed by atoms with van der Waals surface area (Å²) in [5, 5.41) is 11.4. The number of aromatic amines is 1. The van der Waals surface area contributed by atoms with Gasteiger partial charge in [0.25, 0.3) is 5.91 Å². The van der Waals surface area contributed by atoms with E-state index in [1.807, 2.05) is 24.3 Å². The molecule has 2 aromatic rings. The van der Waals surface area contributed by atoms with E-state index in [-0.39, 0.29) is 5.91 Å². The third-order valence-corrected chi connectivity index (χ3v) is 2.45. The Labute approximate surface area is 104 Å². The van der Waals surface area contributed by atoms with Gasteiger partial charge in [-0.25, -0.2) is 4.98 Å². The maximum Gasteiger partial charge on any atom is 0.251 e. The lowest BCUT2D eigenvalue weighted by atomic mass is 10.2. The van der Waals surface area contributed by atoms with Crippen LogP contribution >= 0.6 is 0 Å². The summed E-state index contributed by atoms with van der Waals surface area (Å²) in [5.41, 5.74) is 1.47. The highest BCUT2D eigenvalue weighted by atomic mass is 16.1. The summed E-state index contributed by atoms with van der Waals surface area (Å²) in [7, 11) is 0. The van der Waals surface area contributed by atoms with Crippen LogP contribution in [0.3, 0.4) is 0 Å². The van der Waals surface area contributed by atoms with Crippen LogP contribution in [0.25, 0.3) is 0 Å². The van der Waals surface area contributed by atoms with Crippen molar-refractivity contribution in [3.63, 3.8) is 0 Å². The topological polar surface area (TPSA) is 81.6 Å². The lowest BCUT2D eigenvalue weighted by Gasteiger charge is -2.03. The van der Waals surface area contributed by atoms with Crippen molar-refractivity contribution in [2.75, 3.05) is 6.54 Å². The number of aromatic nitrogens is 2. The van der Waals surface area contributed by atoms with Gasteiger partial charge >= 0.3 is 0 Å². The fraction of sp³-hybridized carbons (Fsp3) is 0.154. The molecule has 5 heteroatoms. The highest BCUT2D eigenvalue weighted by Gasteiger charge is 2.04. The minimum absolute atomic E-state index is 0.101.